The van der Waals surface area contributed by atoms with Gasteiger partial charge in [-0.3, -0.25) is 4.68 Å². The molecule has 1 atom stereocenters. The van der Waals surface area contributed by atoms with Crippen LogP contribution in [0.1, 0.15) is 23.1 Å². The third kappa shape index (κ3) is 2.95. The second-order valence-electron chi connectivity index (χ2n) is 4.24. The molecule has 0 spiro atoms. The number of aromatic nitrogens is 2. The maximum atomic E-state index is 10.3. The second-order valence-corrected chi connectivity index (χ2v) is 6.28. The Morgan fingerprint density at radius 1 is 1.50 bits per heavy atom. The Morgan fingerprint density at radius 2 is 2.22 bits per heavy atom. The van der Waals surface area contributed by atoms with Crippen molar-refractivity contribution in [2.45, 2.75) is 19.4 Å². The van der Waals surface area contributed by atoms with E-state index in [1.807, 2.05) is 42.9 Å². The predicted molar refractivity (Wildman–Crippen MR) is 83.5 cm³/mol. The van der Waals surface area contributed by atoms with Crippen molar-refractivity contribution >= 4 is 38.5 Å². The van der Waals surface area contributed by atoms with Crippen molar-refractivity contribution in [2.75, 3.05) is 0 Å². The van der Waals surface area contributed by atoms with Crippen LogP contribution in [0.3, 0.4) is 0 Å². The Hall–Kier alpha value is -0.400. The molecule has 1 heterocycles. The van der Waals surface area contributed by atoms with Gasteiger partial charge in [0.25, 0.3) is 0 Å². The maximum Gasteiger partial charge on any atom is 0.0846 e. The summed E-state index contributed by atoms with van der Waals surface area (Å²) in [5.41, 5.74) is 2.90. The first-order valence-electron chi connectivity index (χ1n) is 5.60. The van der Waals surface area contributed by atoms with Crippen LogP contribution in [0.5, 0.6) is 0 Å². The average molecular weight is 421 g/mol. The lowest BCUT2D eigenvalue weighted by atomic mass is 10.0. The molecule has 1 aromatic carbocycles. The minimum Gasteiger partial charge on any atom is -0.388 e. The molecule has 0 aliphatic carbocycles. The standard InChI is InChI=1S/C13H14BrIN2O/c1-8-13(14)11(17(2)16-8)7-12(18)9-4-3-5-10(15)6-9/h3-6,12,18H,7H2,1-2H3. The van der Waals surface area contributed by atoms with Gasteiger partial charge in [0.05, 0.1) is 22.0 Å². The van der Waals surface area contributed by atoms with Crippen LogP contribution >= 0.6 is 38.5 Å². The number of nitrogens with zero attached hydrogens (tertiary/aromatic N) is 2. The first-order valence-corrected chi connectivity index (χ1v) is 7.47. The summed E-state index contributed by atoms with van der Waals surface area (Å²) in [6, 6.07) is 7.93. The lowest BCUT2D eigenvalue weighted by molar-refractivity contribution is 0.175. The normalized spacial score (nSPS) is 12.7. The molecule has 1 N–H and O–H groups in total. The van der Waals surface area contributed by atoms with Crippen LogP contribution in [0, 0.1) is 10.5 Å². The van der Waals surface area contributed by atoms with Gasteiger partial charge in [0, 0.05) is 17.0 Å². The topological polar surface area (TPSA) is 38.0 Å². The van der Waals surface area contributed by atoms with Crippen molar-refractivity contribution in [1.82, 2.24) is 9.78 Å². The van der Waals surface area contributed by atoms with E-state index in [0.717, 1.165) is 25.0 Å². The van der Waals surface area contributed by atoms with Crippen molar-refractivity contribution in [2.24, 2.45) is 7.05 Å². The van der Waals surface area contributed by atoms with Crippen LogP contribution < -0.4 is 0 Å². The number of aryl methyl sites for hydroxylation is 2. The zero-order chi connectivity index (χ0) is 13.3. The summed E-state index contributed by atoms with van der Waals surface area (Å²) in [5, 5.41) is 14.6. The molecule has 0 amide bonds. The highest BCUT2D eigenvalue weighted by Crippen LogP contribution is 2.26. The van der Waals surface area contributed by atoms with Gasteiger partial charge in [0.15, 0.2) is 0 Å². The molecular weight excluding hydrogens is 407 g/mol. The molecule has 5 heteroatoms. The third-order valence-corrected chi connectivity index (χ3v) is 4.58. The van der Waals surface area contributed by atoms with Crippen LogP contribution in [-0.4, -0.2) is 14.9 Å². The molecule has 0 aliphatic rings. The lowest BCUT2D eigenvalue weighted by Crippen LogP contribution is -2.07. The largest absolute Gasteiger partial charge is 0.388 e. The van der Waals surface area contributed by atoms with E-state index in [0.29, 0.717) is 6.42 Å². The van der Waals surface area contributed by atoms with Gasteiger partial charge in [-0.05, 0) is 63.1 Å². The molecule has 0 fully saturated rings. The molecule has 2 aromatic rings. The van der Waals surface area contributed by atoms with Crippen LogP contribution in [0.2, 0.25) is 0 Å². The van der Waals surface area contributed by atoms with Gasteiger partial charge in [-0.15, -0.1) is 0 Å². The SMILES string of the molecule is Cc1nn(C)c(CC(O)c2cccc(I)c2)c1Br. The minimum atomic E-state index is -0.509. The van der Waals surface area contributed by atoms with Crippen LogP contribution in [0.4, 0.5) is 0 Å². The molecule has 0 saturated heterocycles. The Morgan fingerprint density at radius 3 is 2.78 bits per heavy atom. The van der Waals surface area contributed by atoms with Gasteiger partial charge in [-0.1, -0.05) is 12.1 Å². The van der Waals surface area contributed by atoms with Crippen molar-refractivity contribution in [3.8, 4) is 0 Å². The number of hydrogen-bond acceptors (Lipinski definition) is 2. The van der Waals surface area contributed by atoms with Gasteiger partial charge in [-0.25, -0.2) is 0 Å². The molecule has 0 bridgehead atoms. The summed E-state index contributed by atoms with van der Waals surface area (Å²) in [6.45, 7) is 1.95. The van der Waals surface area contributed by atoms with Gasteiger partial charge >= 0.3 is 0 Å². The zero-order valence-corrected chi connectivity index (χ0v) is 13.9. The van der Waals surface area contributed by atoms with E-state index in [-0.39, 0.29) is 0 Å². The quantitative estimate of drug-likeness (QED) is 0.773. The number of rotatable bonds is 3. The van der Waals surface area contributed by atoms with E-state index in [1.165, 1.54) is 0 Å². The molecule has 18 heavy (non-hydrogen) atoms. The Kier molecular flexibility index (Phi) is 4.45. The summed E-state index contributed by atoms with van der Waals surface area (Å²) in [7, 11) is 1.90. The first kappa shape index (κ1) is 14.0. The molecule has 0 aliphatic heterocycles. The predicted octanol–water partition coefficient (Wildman–Crippen LogP) is 3.37. The summed E-state index contributed by atoms with van der Waals surface area (Å²) in [4.78, 5) is 0. The Balaban J connectivity index is 2.24. The van der Waals surface area contributed by atoms with Gasteiger partial charge in [-0.2, -0.15) is 5.10 Å². The Bertz CT molecular complexity index is 568. The van der Waals surface area contributed by atoms with Crippen molar-refractivity contribution in [3.63, 3.8) is 0 Å². The summed E-state index contributed by atoms with van der Waals surface area (Å²) in [6.07, 6.45) is 0.0451. The van der Waals surface area contributed by atoms with Gasteiger partial charge < -0.3 is 5.11 Å². The van der Waals surface area contributed by atoms with Crippen molar-refractivity contribution in [3.05, 3.63) is 49.3 Å². The second kappa shape index (κ2) is 5.71. The molecular formula is C13H14BrIN2O. The highest BCUT2D eigenvalue weighted by molar-refractivity contribution is 14.1. The lowest BCUT2D eigenvalue weighted by Gasteiger charge is -2.12. The highest BCUT2D eigenvalue weighted by atomic mass is 127. The average Bonchev–Trinajstić information content (AvgIpc) is 2.56. The monoisotopic (exact) mass is 420 g/mol. The summed E-state index contributed by atoms with van der Waals surface area (Å²) < 4.78 is 3.93. The van der Waals surface area contributed by atoms with E-state index in [1.54, 1.807) is 0 Å². The van der Waals surface area contributed by atoms with Gasteiger partial charge in [0.2, 0.25) is 0 Å². The molecule has 2 rings (SSSR count). The highest BCUT2D eigenvalue weighted by Gasteiger charge is 2.16. The number of hydrogen-bond donors (Lipinski definition) is 1. The van der Waals surface area contributed by atoms with E-state index in [4.69, 9.17) is 0 Å². The van der Waals surface area contributed by atoms with Crippen molar-refractivity contribution < 1.29 is 5.11 Å². The van der Waals surface area contributed by atoms with E-state index in [2.05, 4.69) is 43.6 Å². The number of aliphatic hydroxyl groups excluding tert-OH is 1. The van der Waals surface area contributed by atoms with Crippen LogP contribution in [-0.2, 0) is 13.5 Å². The molecule has 0 saturated carbocycles. The third-order valence-electron chi connectivity index (χ3n) is 2.88. The summed E-state index contributed by atoms with van der Waals surface area (Å²) >= 11 is 5.77. The van der Waals surface area contributed by atoms with E-state index >= 15 is 0 Å². The van der Waals surface area contributed by atoms with E-state index in [9.17, 15) is 5.11 Å². The van der Waals surface area contributed by atoms with E-state index < -0.39 is 6.10 Å². The van der Waals surface area contributed by atoms with Crippen molar-refractivity contribution in [1.29, 1.82) is 0 Å². The number of aliphatic hydroxyl groups is 1. The number of benzene rings is 1. The Labute approximate surface area is 128 Å². The molecule has 96 valence electrons. The summed E-state index contributed by atoms with van der Waals surface area (Å²) in [5.74, 6) is 0. The maximum absolute atomic E-state index is 10.3. The van der Waals surface area contributed by atoms with Crippen LogP contribution in [0.25, 0.3) is 0 Å². The molecule has 1 unspecified atom stereocenters. The zero-order valence-electron chi connectivity index (χ0n) is 10.2. The fourth-order valence-electron chi connectivity index (χ4n) is 1.92. The molecule has 1 aromatic heterocycles. The van der Waals surface area contributed by atoms with Gasteiger partial charge in [0.1, 0.15) is 0 Å². The smallest absolute Gasteiger partial charge is 0.0846 e. The fourth-order valence-corrected chi connectivity index (χ4v) is 2.98. The number of halogens is 2. The molecule has 0 radical (unpaired) electrons. The molecule has 3 nitrogen and oxygen atoms in total. The fraction of sp³-hybridized carbons (Fsp3) is 0.308. The first-order chi connectivity index (χ1) is 8.49. The minimum absolute atomic E-state index is 0.509. The van der Waals surface area contributed by atoms with Crippen LogP contribution in [0.15, 0.2) is 28.7 Å².